The lowest BCUT2D eigenvalue weighted by Gasteiger charge is -2.30. The molecule has 1 aromatic carbocycles. The van der Waals surface area contributed by atoms with Crippen molar-refractivity contribution in [1.82, 2.24) is 20.9 Å². The highest BCUT2D eigenvalue weighted by atomic mass is 16.5. The molecule has 1 atom stereocenters. The number of rotatable bonds is 7. The van der Waals surface area contributed by atoms with E-state index < -0.39 is 0 Å². The molecule has 1 fully saturated rings. The predicted octanol–water partition coefficient (Wildman–Crippen LogP) is 1.37. The van der Waals surface area contributed by atoms with Crippen molar-refractivity contribution in [1.29, 1.82) is 0 Å². The summed E-state index contributed by atoms with van der Waals surface area (Å²) in [5.74, 6) is 0.483. The summed E-state index contributed by atoms with van der Waals surface area (Å²) in [6, 6.07) is 7.38. The molecule has 1 unspecified atom stereocenters. The Hall–Kier alpha value is -2.61. The second-order valence-electron chi connectivity index (χ2n) is 8.44. The molecule has 1 heterocycles. The first kappa shape index (κ1) is 23.7. The number of amides is 2. The van der Waals surface area contributed by atoms with Crippen molar-refractivity contribution in [3.63, 3.8) is 0 Å². The van der Waals surface area contributed by atoms with E-state index in [1.54, 1.807) is 24.1 Å². The number of nitrogens with one attached hydrogen (secondary N) is 3. The number of carbonyl (C=O) groups is 2. The highest BCUT2D eigenvalue weighted by Gasteiger charge is 2.24. The van der Waals surface area contributed by atoms with Crippen LogP contribution in [0, 0.1) is 5.41 Å². The summed E-state index contributed by atoms with van der Waals surface area (Å²) in [4.78, 5) is 30.3. The average molecular weight is 418 g/mol. The zero-order chi connectivity index (χ0) is 22.1. The van der Waals surface area contributed by atoms with E-state index in [4.69, 9.17) is 4.74 Å². The monoisotopic (exact) mass is 417 g/mol. The van der Waals surface area contributed by atoms with Gasteiger partial charge in [0, 0.05) is 38.9 Å². The number of hydrogen-bond acceptors (Lipinski definition) is 4. The Balaban J connectivity index is 1.97. The van der Waals surface area contributed by atoms with Crippen molar-refractivity contribution >= 4 is 17.8 Å². The van der Waals surface area contributed by atoms with Gasteiger partial charge in [-0.25, -0.2) is 4.99 Å². The summed E-state index contributed by atoms with van der Waals surface area (Å²) in [7, 11) is 1.72. The van der Waals surface area contributed by atoms with Crippen LogP contribution in [0.2, 0.25) is 0 Å². The number of hydrogen-bond donors (Lipinski definition) is 3. The standard InChI is InChI=1S/C22H35N5O3/c1-6-23-21(26-14-18(30-5)22(2,3)4)25-13-16-7-9-17(10-8-16)20(29)27-12-11-24-19(28)15-27/h7-10,18H,6,11-15H2,1-5H3,(H,24,28)(H2,23,25,26). The van der Waals surface area contributed by atoms with Crippen molar-refractivity contribution in [2.45, 2.75) is 40.3 Å². The summed E-state index contributed by atoms with van der Waals surface area (Å²) < 4.78 is 5.59. The molecule has 0 radical (unpaired) electrons. The van der Waals surface area contributed by atoms with Gasteiger partial charge in [0.15, 0.2) is 5.96 Å². The molecule has 2 rings (SSSR count). The summed E-state index contributed by atoms with van der Waals surface area (Å²) in [6.07, 6.45) is 0.0588. The second kappa shape index (κ2) is 11.0. The predicted molar refractivity (Wildman–Crippen MR) is 118 cm³/mol. The van der Waals surface area contributed by atoms with Crippen molar-refractivity contribution in [2.24, 2.45) is 10.4 Å². The van der Waals surface area contributed by atoms with Gasteiger partial charge in [-0.3, -0.25) is 9.59 Å². The fourth-order valence-corrected chi connectivity index (χ4v) is 3.19. The fraction of sp³-hybridized carbons (Fsp3) is 0.591. The third kappa shape index (κ3) is 7.02. The van der Waals surface area contributed by atoms with Crippen molar-refractivity contribution < 1.29 is 14.3 Å². The van der Waals surface area contributed by atoms with Crippen LogP contribution in [-0.2, 0) is 16.1 Å². The van der Waals surface area contributed by atoms with Crippen LogP contribution < -0.4 is 16.0 Å². The van der Waals surface area contributed by atoms with Crippen LogP contribution in [0.4, 0.5) is 0 Å². The van der Waals surface area contributed by atoms with Crippen molar-refractivity contribution in [3.05, 3.63) is 35.4 Å². The topological polar surface area (TPSA) is 95.1 Å². The van der Waals surface area contributed by atoms with Crippen LogP contribution in [0.5, 0.6) is 0 Å². The molecule has 1 aliphatic rings. The van der Waals surface area contributed by atoms with Crippen LogP contribution in [0.15, 0.2) is 29.3 Å². The maximum absolute atomic E-state index is 12.6. The largest absolute Gasteiger partial charge is 0.379 e. The van der Waals surface area contributed by atoms with E-state index in [0.29, 0.717) is 31.7 Å². The molecule has 0 spiro atoms. The summed E-state index contributed by atoms with van der Waals surface area (Å²) in [5, 5.41) is 9.31. The van der Waals surface area contributed by atoms with Crippen LogP contribution in [0.25, 0.3) is 0 Å². The molecule has 8 nitrogen and oxygen atoms in total. The van der Waals surface area contributed by atoms with Gasteiger partial charge in [-0.15, -0.1) is 0 Å². The SMILES string of the molecule is CCNC(=NCc1ccc(C(=O)N2CCNC(=O)C2)cc1)NCC(OC)C(C)(C)C. The molecule has 0 bridgehead atoms. The van der Waals surface area contributed by atoms with E-state index in [1.165, 1.54) is 0 Å². The van der Waals surface area contributed by atoms with Gasteiger partial charge < -0.3 is 25.6 Å². The lowest BCUT2D eigenvalue weighted by Crippen LogP contribution is -2.49. The van der Waals surface area contributed by atoms with E-state index in [1.807, 2.05) is 19.1 Å². The Kier molecular flexibility index (Phi) is 8.65. The smallest absolute Gasteiger partial charge is 0.254 e. The van der Waals surface area contributed by atoms with Gasteiger partial charge in [-0.05, 0) is 30.0 Å². The molecule has 0 saturated carbocycles. The van der Waals surface area contributed by atoms with E-state index in [9.17, 15) is 9.59 Å². The number of benzene rings is 1. The lowest BCUT2D eigenvalue weighted by atomic mass is 9.89. The first-order valence-corrected chi connectivity index (χ1v) is 10.4. The Morgan fingerprint density at radius 3 is 2.53 bits per heavy atom. The van der Waals surface area contributed by atoms with Gasteiger partial charge in [0.1, 0.15) is 0 Å². The normalized spacial score (nSPS) is 16.1. The molecule has 8 heteroatoms. The van der Waals surface area contributed by atoms with Crippen LogP contribution >= 0.6 is 0 Å². The minimum Gasteiger partial charge on any atom is -0.379 e. The molecular weight excluding hydrogens is 382 g/mol. The zero-order valence-corrected chi connectivity index (χ0v) is 18.7. The molecular formula is C22H35N5O3. The summed E-state index contributed by atoms with van der Waals surface area (Å²) in [6.45, 7) is 11.5. The Bertz CT molecular complexity index is 740. The van der Waals surface area contributed by atoms with Gasteiger partial charge in [-0.1, -0.05) is 32.9 Å². The minimum atomic E-state index is -0.123. The van der Waals surface area contributed by atoms with E-state index in [-0.39, 0.29) is 29.9 Å². The number of ether oxygens (including phenoxy) is 1. The second-order valence-corrected chi connectivity index (χ2v) is 8.44. The molecule has 0 aromatic heterocycles. The Morgan fingerprint density at radius 1 is 1.27 bits per heavy atom. The van der Waals surface area contributed by atoms with Crippen LogP contribution in [0.1, 0.15) is 43.6 Å². The Labute approximate surface area is 179 Å². The molecule has 0 aliphatic carbocycles. The number of nitrogens with zero attached hydrogens (tertiary/aromatic N) is 2. The average Bonchev–Trinajstić information content (AvgIpc) is 2.71. The summed E-state index contributed by atoms with van der Waals surface area (Å²) in [5.41, 5.74) is 1.60. The van der Waals surface area contributed by atoms with Crippen LogP contribution in [-0.4, -0.2) is 68.6 Å². The van der Waals surface area contributed by atoms with Crippen molar-refractivity contribution in [2.75, 3.05) is 39.8 Å². The molecule has 3 N–H and O–H groups in total. The van der Waals surface area contributed by atoms with E-state index in [0.717, 1.165) is 18.1 Å². The Morgan fingerprint density at radius 2 is 1.97 bits per heavy atom. The van der Waals surface area contributed by atoms with E-state index >= 15 is 0 Å². The fourth-order valence-electron chi connectivity index (χ4n) is 3.19. The highest BCUT2D eigenvalue weighted by Crippen LogP contribution is 2.20. The number of guanidine groups is 1. The number of methoxy groups -OCH3 is 1. The van der Waals surface area contributed by atoms with Gasteiger partial charge >= 0.3 is 0 Å². The molecule has 1 saturated heterocycles. The highest BCUT2D eigenvalue weighted by molar-refractivity contribution is 5.97. The minimum absolute atomic E-state index is 0.0243. The third-order valence-electron chi connectivity index (χ3n) is 5.00. The van der Waals surface area contributed by atoms with Crippen molar-refractivity contribution in [3.8, 4) is 0 Å². The first-order chi connectivity index (χ1) is 14.2. The van der Waals surface area contributed by atoms with Gasteiger partial charge in [0.2, 0.25) is 5.91 Å². The van der Waals surface area contributed by atoms with Gasteiger partial charge in [-0.2, -0.15) is 0 Å². The van der Waals surface area contributed by atoms with E-state index in [2.05, 4.69) is 41.7 Å². The van der Waals surface area contributed by atoms with Crippen LogP contribution in [0.3, 0.4) is 0 Å². The maximum atomic E-state index is 12.6. The van der Waals surface area contributed by atoms with Gasteiger partial charge in [0.05, 0.1) is 19.2 Å². The number of piperazine rings is 1. The zero-order valence-electron chi connectivity index (χ0n) is 18.7. The lowest BCUT2D eigenvalue weighted by molar-refractivity contribution is -0.123. The number of carbonyl (C=O) groups excluding carboxylic acids is 2. The first-order valence-electron chi connectivity index (χ1n) is 10.4. The van der Waals surface area contributed by atoms with Gasteiger partial charge in [0.25, 0.3) is 5.91 Å². The molecule has 1 aliphatic heterocycles. The molecule has 166 valence electrons. The maximum Gasteiger partial charge on any atom is 0.254 e. The summed E-state index contributed by atoms with van der Waals surface area (Å²) >= 11 is 0. The molecule has 30 heavy (non-hydrogen) atoms. The molecule has 1 aromatic rings. The molecule has 2 amide bonds. The third-order valence-corrected chi connectivity index (χ3v) is 5.00. The quantitative estimate of drug-likeness (QED) is 0.460. The number of aliphatic imine (C=N–C) groups is 1.